The summed E-state index contributed by atoms with van der Waals surface area (Å²) in [5.74, 6) is -1.58. The van der Waals surface area contributed by atoms with E-state index in [1.165, 1.54) is 0 Å². The van der Waals surface area contributed by atoms with Crippen LogP contribution < -0.4 is 16.4 Å². The first-order valence-electron chi connectivity index (χ1n) is 14.7. The van der Waals surface area contributed by atoms with Gasteiger partial charge in [-0.3, -0.25) is 29.6 Å². The molecule has 0 saturated carbocycles. The molecule has 0 unspecified atom stereocenters. The molecule has 0 saturated heterocycles. The van der Waals surface area contributed by atoms with E-state index < -0.39 is 11.8 Å². The normalized spacial score (nSPS) is 11.2. The molecule has 13 heteroatoms. The smallest absolute Gasteiger partial charge is 0.246 e. The van der Waals surface area contributed by atoms with Gasteiger partial charge in [0, 0.05) is 64.7 Å². The molecule has 0 aliphatic heterocycles. The van der Waals surface area contributed by atoms with E-state index in [2.05, 4.69) is 17.6 Å². The highest BCUT2D eigenvalue weighted by Gasteiger charge is 2.14. The number of hydrogen-bond donors (Lipinski definition) is 5. The predicted molar refractivity (Wildman–Crippen MR) is 152 cm³/mol. The summed E-state index contributed by atoms with van der Waals surface area (Å²) in [4.78, 5) is 47.6. The van der Waals surface area contributed by atoms with Gasteiger partial charge in [0.25, 0.3) is 0 Å². The Bertz CT molecular complexity index is 751. The summed E-state index contributed by atoms with van der Waals surface area (Å²) in [6.45, 7) is 4.22. The van der Waals surface area contributed by atoms with Gasteiger partial charge < -0.3 is 21.6 Å². The van der Waals surface area contributed by atoms with Gasteiger partial charge in [-0.15, -0.1) is 0 Å². The fourth-order valence-electron chi connectivity index (χ4n) is 3.65. The number of nitrogens with zero attached hydrogens (tertiary/aromatic N) is 3. The van der Waals surface area contributed by atoms with E-state index in [4.69, 9.17) is 5.73 Å². The van der Waals surface area contributed by atoms with Crippen LogP contribution in [0, 0.1) is 5.21 Å². The molecule has 4 amide bonds. The SMILES string of the molecule is CCCC/C=[N+](\[O-])CCCCNC(=O)CCC(=O)N(O)CCCCCNC(=O)CCC(=O)N(O)CCCCCN. The first-order valence-corrected chi connectivity index (χ1v) is 14.7. The van der Waals surface area contributed by atoms with Crippen LogP contribution in [0.5, 0.6) is 0 Å². The highest BCUT2D eigenvalue weighted by molar-refractivity contribution is 5.83. The first kappa shape index (κ1) is 37.2. The lowest BCUT2D eigenvalue weighted by Gasteiger charge is -2.15. The highest BCUT2D eigenvalue weighted by Crippen LogP contribution is 2.03. The van der Waals surface area contributed by atoms with E-state index in [0.29, 0.717) is 74.8 Å². The molecule has 40 heavy (non-hydrogen) atoms. The fourth-order valence-corrected chi connectivity index (χ4v) is 3.65. The summed E-state index contributed by atoms with van der Waals surface area (Å²) in [6, 6.07) is 0. The third kappa shape index (κ3) is 22.1. The number of hydroxylamine groups is 5. The second-order valence-corrected chi connectivity index (χ2v) is 9.82. The van der Waals surface area contributed by atoms with Gasteiger partial charge in [-0.2, -0.15) is 0 Å². The summed E-state index contributed by atoms with van der Waals surface area (Å²) in [6.07, 6.45) is 9.73. The molecule has 0 spiro atoms. The van der Waals surface area contributed by atoms with Crippen LogP contribution in [0.25, 0.3) is 0 Å². The summed E-state index contributed by atoms with van der Waals surface area (Å²) in [7, 11) is 0. The van der Waals surface area contributed by atoms with Crippen molar-refractivity contribution in [2.24, 2.45) is 5.73 Å². The number of carbonyl (C=O) groups excluding carboxylic acids is 4. The van der Waals surface area contributed by atoms with Crippen LogP contribution in [-0.4, -0.2) is 94.4 Å². The average molecular weight is 573 g/mol. The number of carbonyl (C=O) groups is 4. The molecule has 0 aromatic rings. The van der Waals surface area contributed by atoms with Crippen LogP contribution in [0.2, 0.25) is 0 Å². The molecular formula is C27H52N6O7. The molecule has 0 bridgehead atoms. The predicted octanol–water partition coefficient (Wildman–Crippen LogP) is 2.07. The lowest BCUT2D eigenvalue weighted by molar-refractivity contribution is -0.454. The Morgan fingerprint density at radius 3 is 1.75 bits per heavy atom. The van der Waals surface area contributed by atoms with Gasteiger partial charge >= 0.3 is 0 Å². The monoisotopic (exact) mass is 572 g/mol. The summed E-state index contributed by atoms with van der Waals surface area (Å²) < 4.78 is 0.937. The van der Waals surface area contributed by atoms with Crippen molar-refractivity contribution in [1.29, 1.82) is 0 Å². The third-order valence-electron chi connectivity index (χ3n) is 6.17. The molecular weight excluding hydrogens is 520 g/mol. The number of rotatable bonds is 25. The van der Waals surface area contributed by atoms with Crippen LogP contribution >= 0.6 is 0 Å². The van der Waals surface area contributed by atoms with Gasteiger partial charge in [0.15, 0.2) is 12.8 Å². The topological polar surface area (TPSA) is 191 Å². The number of nitrogens with two attached hydrogens (primary N) is 1. The maximum atomic E-state index is 12.0. The highest BCUT2D eigenvalue weighted by atomic mass is 16.5. The first-order chi connectivity index (χ1) is 19.2. The van der Waals surface area contributed by atoms with Crippen molar-refractivity contribution >= 4 is 29.8 Å². The van der Waals surface area contributed by atoms with Crippen LogP contribution in [-0.2, 0) is 19.2 Å². The second-order valence-electron chi connectivity index (χ2n) is 9.82. The van der Waals surface area contributed by atoms with Crippen molar-refractivity contribution in [3.8, 4) is 0 Å². The van der Waals surface area contributed by atoms with E-state index in [-0.39, 0.29) is 50.6 Å². The quantitative estimate of drug-likeness (QED) is 0.0274. The Labute approximate surface area is 238 Å². The lowest BCUT2D eigenvalue weighted by Crippen LogP contribution is -2.31. The molecule has 0 aliphatic rings. The minimum absolute atomic E-state index is 0.0121. The van der Waals surface area contributed by atoms with Crippen molar-refractivity contribution in [2.45, 2.75) is 103 Å². The zero-order valence-corrected chi connectivity index (χ0v) is 24.3. The van der Waals surface area contributed by atoms with Gasteiger partial charge in [0.1, 0.15) is 0 Å². The molecule has 0 aliphatic carbocycles. The Morgan fingerprint density at radius 2 is 1.25 bits per heavy atom. The summed E-state index contributed by atoms with van der Waals surface area (Å²) >= 11 is 0. The molecule has 6 N–H and O–H groups in total. The third-order valence-corrected chi connectivity index (χ3v) is 6.17. The molecule has 0 aromatic carbocycles. The standard InChI is InChI=1S/C27H52N6O7/c1-2-3-9-20-31(38)21-12-8-19-30-25(35)14-16-27(37)33(40)23-11-5-7-18-29-24(34)13-15-26(36)32(39)22-10-4-6-17-28/h20,39-40H,2-19,21-23,28H2,1H3,(H,29,34)(H,30,35)/b31-20-. The van der Waals surface area contributed by atoms with E-state index in [1.54, 1.807) is 6.21 Å². The Kier molecular flexibility index (Phi) is 23.5. The van der Waals surface area contributed by atoms with E-state index in [0.717, 1.165) is 36.8 Å². The van der Waals surface area contributed by atoms with Gasteiger partial charge in [0.05, 0.1) is 0 Å². The van der Waals surface area contributed by atoms with E-state index in [9.17, 15) is 34.8 Å². The van der Waals surface area contributed by atoms with E-state index >= 15 is 0 Å². The van der Waals surface area contributed by atoms with Crippen LogP contribution in [0.3, 0.4) is 0 Å². The van der Waals surface area contributed by atoms with Crippen molar-refractivity contribution in [2.75, 3.05) is 39.3 Å². The molecule has 232 valence electrons. The van der Waals surface area contributed by atoms with Crippen molar-refractivity contribution in [1.82, 2.24) is 20.8 Å². The minimum atomic E-state index is -0.532. The van der Waals surface area contributed by atoms with Crippen molar-refractivity contribution in [3.63, 3.8) is 0 Å². The molecule has 13 nitrogen and oxygen atoms in total. The second kappa shape index (κ2) is 25.2. The number of amides is 4. The minimum Gasteiger partial charge on any atom is -0.624 e. The average Bonchev–Trinajstić information content (AvgIpc) is 2.94. The summed E-state index contributed by atoms with van der Waals surface area (Å²) in [5, 5.41) is 37.8. The fraction of sp³-hybridized carbons (Fsp3) is 0.815. The Morgan fingerprint density at radius 1 is 0.750 bits per heavy atom. The largest absolute Gasteiger partial charge is 0.624 e. The maximum absolute atomic E-state index is 12.0. The van der Waals surface area contributed by atoms with Gasteiger partial charge in [-0.1, -0.05) is 19.8 Å². The Balaban J connectivity index is 3.77. The zero-order valence-electron chi connectivity index (χ0n) is 24.3. The molecule has 0 heterocycles. The molecule has 0 rings (SSSR count). The van der Waals surface area contributed by atoms with Crippen LogP contribution in [0.1, 0.15) is 103 Å². The van der Waals surface area contributed by atoms with Gasteiger partial charge in [-0.25, -0.2) is 14.9 Å². The molecule has 0 aromatic heterocycles. The van der Waals surface area contributed by atoms with Crippen LogP contribution in [0.4, 0.5) is 0 Å². The summed E-state index contributed by atoms with van der Waals surface area (Å²) in [5.41, 5.74) is 5.40. The van der Waals surface area contributed by atoms with Crippen molar-refractivity contribution < 1.29 is 34.3 Å². The van der Waals surface area contributed by atoms with Crippen LogP contribution in [0.15, 0.2) is 0 Å². The Hall–Kier alpha value is -2.77. The molecule has 0 atom stereocenters. The maximum Gasteiger partial charge on any atom is 0.246 e. The van der Waals surface area contributed by atoms with Crippen molar-refractivity contribution in [3.05, 3.63) is 5.21 Å². The lowest BCUT2D eigenvalue weighted by atomic mass is 10.2. The zero-order chi connectivity index (χ0) is 30.0. The molecule has 0 fully saturated rings. The van der Waals surface area contributed by atoms with Gasteiger partial charge in [-0.05, 0) is 51.5 Å². The number of nitrogens with one attached hydrogen (secondary N) is 2. The van der Waals surface area contributed by atoms with E-state index in [1.807, 2.05) is 0 Å². The van der Waals surface area contributed by atoms with Gasteiger partial charge in [0.2, 0.25) is 23.6 Å². The number of unbranched alkanes of at least 4 members (excludes halogenated alkanes) is 7. The molecule has 0 radical (unpaired) electrons. The number of hydrogen-bond acceptors (Lipinski definition) is 8.